The van der Waals surface area contributed by atoms with E-state index in [1.54, 1.807) is 24.3 Å². The van der Waals surface area contributed by atoms with Gasteiger partial charge in [0.1, 0.15) is 4.21 Å². The van der Waals surface area contributed by atoms with Crippen LogP contribution < -0.4 is 4.72 Å². The van der Waals surface area contributed by atoms with Crippen LogP contribution in [0.3, 0.4) is 0 Å². The van der Waals surface area contributed by atoms with Crippen LogP contribution >= 0.6 is 45.5 Å². The Kier molecular flexibility index (Phi) is 5.30. The normalized spacial score (nSPS) is 11.6. The van der Waals surface area contributed by atoms with Crippen molar-refractivity contribution in [3.8, 4) is 0 Å². The van der Waals surface area contributed by atoms with Crippen molar-refractivity contribution in [2.45, 2.75) is 10.6 Å². The highest BCUT2D eigenvalue weighted by molar-refractivity contribution is 14.1. The number of aliphatic hydroxyl groups is 1. The van der Waals surface area contributed by atoms with Crippen LogP contribution in [0.2, 0.25) is 5.02 Å². The molecule has 0 amide bonds. The average Bonchev–Trinajstić information content (AvgIpc) is 2.83. The molecule has 0 radical (unpaired) electrons. The second kappa shape index (κ2) is 6.61. The number of aliphatic hydroxyl groups excluding tert-OH is 1. The van der Waals surface area contributed by atoms with Crippen molar-refractivity contribution in [1.29, 1.82) is 0 Å². The lowest BCUT2D eigenvalue weighted by molar-refractivity contribution is 0.300. The Bertz CT molecular complexity index is 715. The predicted octanol–water partition coefficient (Wildman–Crippen LogP) is 3.34. The molecular weight excluding hydrogens is 433 g/mol. The van der Waals surface area contributed by atoms with Gasteiger partial charge in [-0.2, -0.15) is 0 Å². The fourth-order valence-corrected chi connectivity index (χ4v) is 4.90. The monoisotopic (exact) mass is 443 g/mol. The van der Waals surface area contributed by atoms with Crippen LogP contribution in [0.5, 0.6) is 0 Å². The number of anilines is 1. The van der Waals surface area contributed by atoms with E-state index in [-0.39, 0.29) is 10.8 Å². The number of benzene rings is 1. The molecule has 0 aliphatic rings. The Labute approximate surface area is 140 Å². The molecule has 108 valence electrons. The second-order valence-electron chi connectivity index (χ2n) is 3.92. The average molecular weight is 444 g/mol. The van der Waals surface area contributed by atoms with Gasteiger partial charge in [-0.3, -0.25) is 4.72 Å². The smallest absolute Gasteiger partial charge is 0.271 e. The van der Waals surface area contributed by atoms with Gasteiger partial charge in [-0.25, -0.2) is 8.42 Å². The molecule has 1 aromatic carbocycles. The van der Waals surface area contributed by atoms with Crippen LogP contribution in [0.1, 0.15) is 4.88 Å². The van der Waals surface area contributed by atoms with E-state index < -0.39 is 10.0 Å². The van der Waals surface area contributed by atoms with E-state index in [4.69, 9.17) is 16.7 Å². The molecule has 0 unspecified atom stereocenters. The highest BCUT2D eigenvalue weighted by Gasteiger charge is 2.18. The first kappa shape index (κ1) is 16.0. The van der Waals surface area contributed by atoms with E-state index in [2.05, 4.69) is 27.3 Å². The maximum atomic E-state index is 12.2. The van der Waals surface area contributed by atoms with Gasteiger partial charge in [-0.1, -0.05) is 11.6 Å². The zero-order chi connectivity index (χ0) is 14.8. The Morgan fingerprint density at radius 2 is 2.05 bits per heavy atom. The van der Waals surface area contributed by atoms with Crippen LogP contribution in [0, 0.1) is 3.57 Å². The lowest BCUT2D eigenvalue weighted by Gasteiger charge is -2.08. The van der Waals surface area contributed by atoms with Crippen LogP contribution in [0.15, 0.2) is 34.5 Å². The van der Waals surface area contributed by atoms with Crippen molar-refractivity contribution in [2.24, 2.45) is 0 Å². The minimum Gasteiger partial charge on any atom is -0.396 e. The molecule has 0 atom stereocenters. The minimum atomic E-state index is -3.65. The summed E-state index contributed by atoms with van der Waals surface area (Å²) in [7, 11) is -3.65. The Balaban J connectivity index is 2.26. The molecule has 2 rings (SSSR count). The van der Waals surface area contributed by atoms with Gasteiger partial charge in [0.2, 0.25) is 0 Å². The van der Waals surface area contributed by atoms with E-state index in [9.17, 15) is 8.42 Å². The highest BCUT2D eigenvalue weighted by Crippen LogP contribution is 2.28. The zero-order valence-electron chi connectivity index (χ0n) is 10.1. The van der Waals surface area contributed by atoms with Gasteiger partial charge in [-0.05, 0) is 52.9 Å². The number of hydrogen-bond donors (Lipinski definition) is 2. The molecule has 0 fully saturated rings. The van der Waals surface area contributed by atoms with E-state index in [1.807, 2.05) is 0 Å². The van der Waals surface area contributed by atoms with E-state index in [0.717, 1.165) is 19.8 Å². The van der Waals surface area contributed by atoms with E-state index in [1.165, 1.54) is 6.07 Å². The van der Waals surface area contributed by atoms with Crippen LogP contribution in [0.4, 0.5) is 5.69 Å². The van der Waals surface area contributed by atoms with Gasteiger partial charge in [-0.15, -0.1) is 11.3 Å². The maximum Gasteiger partial charge on any atom is 0.271 e. The van der Waals surface area contributed by atoms with E-state index in [0.29, 0.717) is 17.1 Å². The lowest BCUT2D eigenvalue weighted by atomic mass is 10.3. The Morgan fingerprint density at radius 3 is 2.70 bits per heavy atom. The summed E-state index contributed by atoms with van der Waals surface area (Å²) in [4.78, 5) is 0.821. The molecule has 0 bridgehead atoms. The number of thiophene rings is 1. The van der Waals surface area contributed by atoms with Crippen LogP contribution in [0.25, 0.3) is 0 Å². The van der Waals surface area contributed by atoms with Gasteiger partial charge in [0, 0.05) is 21.5 Å². The summed E-state index contributed by atoms with van der Waals surface area (Å²) in [6.45, 7) is -0.00359. The topological polar surface area (TPSA) is 66.4 Å². The first-order chi connectivity index (χ1) is 9.42. The molecule has 0 spiro atoms. The molecule has 1 aromatic heterocycles. The molecule has 2 N–H and O–H groups in total. The molecule has 0 aliphatic heterocycles. The zero-order valence-corrected chi connectivity index (χ0v) is 14.7. The summed E-state index contributed by atoms with van der Waals surface area (Å²) >= 11 is 9.25. The van der Waals surface area contributed by atoms with Gasteiger partial charge < -0.3 is 5.11 Å². The van der Waals surface area contributed by atoms with Gasteiger partial charge in [0.05, 0.1) is 10.7 Å². The van der Waals surface area contributed by atoms with Crippen molar-refractivity contribution in [3.63, 3.8) is 0 Å². The molecule has 1 heterocycles. The quantitative estimate of drug-likeness (QED) is 0.697. The Morgan fingerprint density at radius 1 is 1.30 bits per heavy atom. The van der Waals surface area contributed by atoms with Crippen molar-refractivity contribution in [2.75, 3.05) is 11.3 Å². The summed E-state index contributed by atoms with van der Waals surface area (Å²) in [5.41, 5.74) is 0.351. The second-order valence-corrected chi connectivity index (χ2v) is 8.65. The number of halogens is 2. The highest BCUT2D eigenvalue weighted by atomic mass is 127. The first-order valence-corrected chi connectivity index (χ1v) is 9.35. The van der Waals surface area contributed by atoms with Gasteiger partial charge >= 0.3 is 0 Å². The largest absolute Gasteiger partial charge is 0.396 e. The van der Waals surface area contributed by atoms with Gasteiger partial charge in [0.15, 0.2) is 0 Å². The van der Waals surface area contributed by atoms with E-state index >= 15 is 0 Å². The van der Waals surface area contributed by atoms with Crippen molar-refractivity contribution in [3.05, 3.63) is 43.8 Å². The number of sulfonamides is 1. The maximum absolute atomic E-state index is 12.2. The number of hydrogen-bond acceptors (Lipinski definition) is 4. The van der Waals surface area contributed by atoms with Crippen molar-refractivity contribution >= 4 is 61.2 Å². The molecular formula is C12H11ClINO3S2. The van der Waals surface area contributed by atoms with Crippen molar-refractivity contribution < 1.29 is 13.5 Å². The minimum absolute atomic E-state index is 0.00359. The number of nitrogens with one attached hydrogen (secondary N) is 1. The van der Waals surface area contributed by atoms with Crippen LogP contribution in [-0.2, 0) is 16.4 Å². The third-order valence-electron chi connectivity index (χ3n) is 2.44. The Hall–Kier alpha value is -0.350. The molecule has 0 saturated heterocycles. The van der Waals surface area contributed by atoms with Gasteiger partial charge in [0.25, 0.3) is 10.0 Å². The summed E-state index contributed by atoms with van der Waals surface area (Å²) in [5, 5.41) is 9.21. The molecule has 20 heavy (non-hydrogen) atoms. The lowest BCUT2D eigenvalue weighted by Crippen LogP contribution is -2.11. The standard InChI is InChI=1S/C12H11ClINO3S2/c13-10-7-8(14)1-3-11(10)15-20(17,18)12-4-2-9(19-12)5-6-16/h1-4,7,15-16H,5-6H2. The summed E-state index contributed by atoms with van der Waals surface area (Å²) in [6.07, 6.45) is 0.449. The number of rotatable bonds is 5. The summed E-state index contributed by atoms with van der Waals surface area (Å²) in [5.74, 6) is 0. The van der Waals surface area contributed by atoms with Crippen molar-refractivity contribution in [1.82, 2.24) is 0 Å². The summed E-state index contributed by atoms with van der Waals surface area (Å²) in [6, 6.07) is 8.31. The first-order valence-electron chi connectivity index (χ1n) is 5.60. The molecule has 0 saturated carbocycles. The predicted molar refractivity (Wildman–Crippen MR) is 90.1 cm³/mol. The third kappa shape index (κ3) is 3.85. The summed E-state index contributed by atoms with van der Waals surface area (Å²) < 4.78 is 28.1. The fourth-order valence-electron chi connectivity index (χ4n) is 1.51. The molecule has 4 nitrogen and oxygen atoms in total. The van der Waals surface area contributed by atoms with Crippen LogP contribution in [-0.4, -0.2) is 20.1 Å². The molecule has 8 heteroatoms. The third-order valence-corrected chi connectivity index (χ3v) is 6.42. The molecule has 2 aromatic rings. The molecule has 0 aliphatic carbocycles. The SMILES string of the molecule is O=S(=O)(Nc1ccc(I)cc1Cl)c1ccc(CCO)s1. The fraction of sp³-hybridized carbons (Fsp3) is 0.167.